The molecule has 0 aliphatic heterocycles. The summed E-state index contributed by atoms with van der Waals surface area (Å²) in [6.45, 7) is 14.8. The Hall–Kier alpha value is -1.31. The lowest BCUT2D eigenvalue weighted by atomic mass is 10.4. The Morgan fingerprint density at radius 3 is 1.45 bits per heavy atom. The fourth-order valence-electron chi connectivity index (χ4n) is 0.294. The van der Waals surface area contributed by atoms with E-state index in [0.29, 0.717) is 0 Å². The van der Waals surface area contributed by atoms with Crippen LogP contribution in [0, 0.1) is 0 Å². The number of carbonyl (C=O) groups excluding carboxylic acids is 1. The number of rotatable bonds is 1. The van der Waals surface area contributed by atoms with Gasteiger partial charge < -0.3 is 5.11 Å². The standard InChI is InChI=1S/C5H8O2.2C2H4/c1-4(6)3-5(2)7;2*1-2/h3,6H,1-2H3;2*1-2H2/b4-3-;;. The average Bonchev–Trinajstić information content (AvgIpc) is 1.93. The van der Waals surface area contributed by atoms with E-state index in [1.54, 1.807) is 0 Å². The maximum Gasteiger partial charge on any atom is 0.155 e. The molecule has 0 aromatic carbocycles. The Morgan fingerprint density at radius 1 is 1.18 bits per heavy atom. The monoisotopic (exact) mass is 156 g/mol. The lowest BCUT2D eigenvalue weighted by Gasteiger charge is -1.80. The van der Waals surface area contributed by atoms with Crippen LogP contribution >= 0.6 is 0 Å². The number of hydrogen-bond acceptors (Lipinski definition) is 2. The molecule has 0 aliphatic rings. The molecule has 0 amide bonds. The van der Waals surface area contributed by atoms with Crippen LogP contribution in [-0.4, -0.2) is 10.9 Å². The highest BCUT2D eigenvalue weighted by Crippen LogP contribution is 1.82. The zero-order valence-electron chi connectivity index (χ0n) is 7.26. The quantitative estimate of drug-likeness (QED) is 0.360. The number of ketones is 1. The summed E-state index contributed by atoms with van der Waals surface area (Å²) < 4.78 is 0. The second kappa shape index (κ2) is 15.9. The van der Waals surface area contributed by atoms with Gasteiger partial charge in [-0.15, -0.1) is 26.3 Å². The summed E-state index contributed by atoms with van der Waals surface area (Å²) in [5.74, 6) is -0.0625. The van der Waals surface area contributed by atoms with Crippen LogP contribution in [0.5, 0.6) is 0 Å². The molecule has 0 aromatic rings. The first-order valence-corrected chi connectivity index (χ1v) is 3.01. The molecule has 0 aromatic heterocycles. The van der Waals surface area contributed by atoms with E-state index in [2.05, 4.69) is 26.3 Å². The predicted octanol–water partition coefficient (Wildman–Crippen LogP) is 2.64. The number of carbonyl (C=O) groups is 1. The van der Waals surface area contributed by atoms with Crippen LogP contribution in [-0.2, 0) is 4.79 Å². The van der Waals surface area contributed by atoms with Gasteiger partial charge in [0.05, 0.1) is 5.76 Å². The van der Waals surface area contributed by atoms with Crippen molar-refractivity contribution < 1.29 is 9.90 Å². The highest BCUT2D eigenvalue weighted by molar-refractivity contribution is 5.87. The Bertz CT molecular complexity index is 120. The molecule has 0 saturated heterocycles. The Balaban J connectivity index is -0.000000138. The van der Waals surface area contributed by atoms with E-state index in [1.165, 1.54) is 19.9 Å². The summed E-state index contributed by atoms with van der Waals surface area (Å²) >= 11 is 0. The van der Waals surface area contributed by atoms with E-state index in [1.807, 2.05) is 0 Å². The van der Waals surface area contributed by atoms with Crippen molar-refractivity contribution in [2.45, 2.75) is 13.8 Å². The van der Waals surface area contributed by atoms with Crippen LogP contribution < -0.4 is 0 Å². The van der Waals surface area contributed by atoms with Gasteiger partial charge in [0.25, 0.3) is 0 Å². The van der Waals surface area contributed by atoms with Crippen LogP contribution in [0.3, 0.4) is 0 Å². The molecule has 1 N–H and O–H groups in total. The van der Waals surface area contributed by atoms with E-state index >= 15 is 0 Å². The predicted molar refractivity (Wildman–Crippen MR) is 49.6 cm³/mol. The van der Waals surface area contributed by atoms with Crippen molar-refractivity contribution in [3.05, 3.63) is 38.2 Å². The normalized spacial score (nSPS) is 8.00. The van der Waals surface area contributed by atoms with Gasteiger partial charge in [0.15, 0.2) is 5.78 Å². The minimum atomic E-state index is -0.125. The van der Waals surface area contributed by atoms with Gasteiger partial charge in [0.1, 0.15) is 0 Å². The van der Waals surface area contributed by atoms with Gasteiger partial charge in [-0.1, -0.05) is 0 Å². The second-order valence-electron chi connectivity index (χ2n) is 1.40. The molecule has 0 saturated carbocycles. The molecule has 0 atom stereocenters. The maximum atomic E-state index is 10.0. The van der Waals surface area contributed by atoms with Gasteiger partial charge in [-0.25, -0.2) is 0 Å². The van der Waals surface area contributed by atoms with Crippen LogP contribution in [0.2, 0.25) is 0 Å². The van der Waals surface area contributed by atoms with Crippen molar-refractivity contribution in [3.8, 4) is 0 Å². The zero-order valence-corrected chi connectivity index (χ0v) is 7.26. The van der Waals surface area contributed by atoms with Crippen LogP contribution in [0.15, 0.2) is 38.2 Å². The van der Waals surface area contributed by atoms with Gasteiger partial charge >= 0.3 is 0 Å². The Morgan fingerprint density at radius 2 is 1.45 bits per heavy atom. The third kappa shape index (κ3) is 53.7. The average molecular weight is 156 g/mol. The van der Waals surface area contributed by atoms with Crippen molar-refractivity contribution in [2.24, 2.45) is 0 Å². The summed E-state index contributed by atoms with van der Waals surface area (Å²) in [6, 6.07) is 0. The largest absolute Gasteiger partial charge is 0.512 e. The second-order valence-corrected chi connectivity index (χ2v) is 1.40. The SMILES string of the molecule is C=C.C=C.CC(=O)/C=C(/C)O. The first-order chi connectivity index (χ1) is 5.13. The number of aliphatic hydroxyl groups excluding tert-OH is 1. The topological polar surface area (TPSA) is 37.3 Å². The van der Waals surface area contributed by atoms with Crippen LogP contribution in [0.1, 0.15) is 13.8 Å². The first kappa shape index (κ1) is 16.3. The first-order valence-electron chi connectivity index (χ1n) is 3.01. The van der Waals surface area contributed by atoms with E-state index in [0.717, 1.165) is 0 Å². The molecule has 2 nitrogen and oxygen atoms in total. The molecule has 0 bridgehead atoms. The van der Waals surface area contributed by atoms with Crippen molar-refractivity contribution in [2.75, 3.05) is 0 Å². The van der Waals surface area contributed by atoms with Crippen molar-refractivity contribution >= 4 is 5.78 Å². The highest BCUT2D eigenvalue weighted by atomic mass is 16.3. The lowest BCUT2D eigenvalue weighted by Crippen LogP contribution is -1.82. The maximum absolute atomic E-state index is 10.0. The summed E-state index contributed by atoms with van der Waals surface area (Å²) in [6.07, 6.45) is 1.17. The minimum Gasteiger partial charge on any atom is -0.512 e. The van der Waals surface area contributed by atoms with E-state index in [4.69, 9.17) is 5.11 Å². The highest BCUT2D eigenvalue weighted by Gasteiger charge is 1.82. The molecule has 0 unspecified atom stereocenters. The van der Waals surface area contributed by atoms with Crippen molar-refractivity contribution in [3.63, 3.8) is 0 Å². The minimum absolute atomic E-state index is 0.0625. The number of hydrogen-bond donors (Lipinski definition) is 1. The van der Waals surface area contributed by atoms with E-state index in [9.17, 15) is 4.79 Å². The van der Waals surface area contributed by atoms with Gasteiger partial charge in [-0.05, 0) is 13.8 Å². The Kier molecular flexibility index (Phi) is 23.6. The van der Waals surface area contributed by atoms with Gasteiger partial charge in [-0.3, -0.25) is 4.79 Å². The van der Waals surface area contributed by atoms with Crippen molar-refractivity contribution in [1.29, 1.82) is 0 Å². The van der Waals surface area contributed by atoms with Crippen LogP contribution in [0.4, 0.5) is 0 Å². The molecule has 0 rings (SSSR count). The Labute approximate surface area is 68.6 Å². The molecule has 0 spiro atoms. The molecular formula is C9H16O2. The molecular weight excluding hydrogens is 140 g/mol. The van der Waals surface area contributed by atoms with Crippen LogP contribution in [0.25, 0.3) is 0 Å². The van der Waals surface area contributed by atoms with Gasteiger partial charge in [0.2, 0.25) is 0 Å². The number of allylic oxidation sites excluding steroid dienone is 2. The molecule has 11 heavy (non-hydrogen) atoms. The molecule has 0 heterocycles. The summed E-state index contributed by atoms with van der Waals surface area (Å²) in [5.41, 5.74) is 0. The fraction of sp³-hybridized carbons (Fsp3) is 0.222. The lowest BCUT2D eigenvalue weighted by molar-refractivity contribution is -0.112. The summed E-state index contributed by atoms with van der Waals surface area (Å²) in [7, 11) is 0. The zero-order chi connectivity index (χ0) is 9.86. The summed E-state index contributed by atoms with van der Waals surface area (Å²) in [5, 5.41) is 8.36. The van der Waals surface area contributed by atoms with Gasteiger partial charge in [-0.2, -0.15) is 0 Å². The third-order valence-electron chi connectivity index (χ3n) is 0.412. The number of aliphatic hydroxyl groups is 1. The van der Waals surface area contributed by atoms with E-state index in [-0.39, 0.29) is 11.5 Å². The molecule has 0 aliphatic carbocycles. The molecule has 0 radical (unpaired) electrons. The summed E-state index contributed by atoms with van der Waals surface area (Å²) in [4.78, 5) is 10.0. The molecule has 0 fully saturated rings. The molecule has 2 heteroatoms. The third-order valence-corrected chi connectivity index (χ3v) is 0.412. The van der Waals surface area contributed by atoms with E-state index < -0.39 is 0 Å². The van der Waals surface area contributed by atoms with Crippen molar-refractivity contribution in [1.82, 2.24) is 0 Å². The fourth-order valence-corrected chi connectivity index (χ4v) is 0.294. The molecule has 64 valence electrons. The smallest absolute Gasteiger partial charge is 0.155 e. The van der Waals surface area contributed by atoms with Gasteiger partial charge in [0, 0.05) is 6.08 Å².